The number of rotatable bonds is 2. The molecule has 1 nitrogen and oxygen atoms in total. The van der Waals surface area contributed by atoms with Crippen LogP contribution in [0.2, 0.25) is 0 Å². The lowest BCUT2D eigenvalue weighted by Gasteiger charge is -2.34. The summed E-state index contributed by atoms with van der Waals surface area (Å²) in [7, 11) is 0. The first-order chi connectivity index (χ1) is 10.1. The van der Waals surface area contributed by atoms with Crippen molar-refractivity contribution >= 4 is 0 Å². The number of nitrogens with one attached hydrogen (secondary N) is 1. The van der Waals surface area contributed by atoms with E-state index in [9.17, 15) is 4.39 Å². The van der Waals surface area contributed by atoms with Crippen LogP contribution in [0.15, 0.2) is 36.4 Å². The van der Waals surface area contributed by atoms with Crippen molar-refractivity contribution < 1.29 is 4.39 Å². The Morgan fingerprint density at radius 1 is 1.14 bits per heavy atom. The maximum absolute atomic E-state index is 13.2. The Hall–Kier alpha value is -1.67. The van der Waals surface area contributed by atoms with Crippen molar-refractivity contribution in [2.75, 3.05) is 0 Å². The van der Waals surface area contributed by atoms with E-state index in [0.717, 1.165) is 18.4 Å². The molecule has 0 amide bonds. The molecule has 2 atom stereocenters. The highest BCUT2D eigenvalue weighted by molar-refractivity contribution is 5.46. The Morgan fingerprint density at radius 3 is 2.52 bits per heavy atom. The first kappa shape index (κ1) is 14.3. The number of fused-ring (bicyclic) bond motifs is 1. The summed E-state index contributed by atoms with van der Waals surface area (Å²) < 4.78 is 13.2. The molecule has 2 aromatic carbocycles. The SMILES string of the molecule is CCC1Cc2c(C)cc(C)cc2C(c2ccc(F)cc2)N1. The Morgan fingerprint density at radius 2 is 1.86 bits per heavy atom. The van der Waals surface area contributed by atoms with Gasteiger partial charge in [0.05, 0.1) is 6.04 Å². The molecule has 1 aliphatic rings. The number of benzene rings is 2. The van der Waals surface area contributed by atoms with E-state index in [0.29, 0.717) is 6.04 Å². The molecule has 2 heteroatoms. The van der Waals surface area contributed by atoms with Crippen molar-refractivity contribution in [2.45, 2.75) is 45.7 Å². The van der Waals surface area contributed by atoms with E-state index in [2.05, 4.69) is 38.2 Å². The van der Waals surface area contributed by atoms with Gasteiger partial charge in [-0.15, -0.1) is 0 Å². The normalized spacial score (nSPS) is 21.1. The van der Waals surface area contributed by atoms with Gasteiger partial charge in [0.2, 0.25) is 0 Å². The second-order valence-electron chi connectivity index (χ2n) is 6.11. The van der Waals surface area contributed by atoms with Gasteiger partial charge in [-0.1, -0.05) is 36.8 Å². The highest BCUT2D eigenvalue weighted by Gasteiger charge is 2.27. The van der Waals surface area contributed by atoms with E-state index in [-0.39, 0.29) is 11.9 Å². The maximum atomic E-state index is 13.2. The minimum Gasteiger partial charge on any atom is -0.303 e. The third-order valence-corrected chi connectivity index (χ3v) is 4.51. The average molecular weight is 283 g/mol. The van der Waals surface area contributed by atoms with Gasteiger partial charge in [0.15, 0.2) is 0 Å². The van der Waals surface area contributed by atoms with E-state index in [1.807, 2.05) is 12.1 Å². The van der Waals surface area contributed by atoms with Crippen LogP contribution in [0.25, 0.3) is 0 Å². The molecule has 0 radical (unpaired) electrons. The molecule has 3 rings (SSSR count). The molecule has 0 saturated carbocycles. The molecule has 1 N–H and O–H groups in total. The molecule has 2 unspecified atom stereocenters. The average Bonchev–Trinajstić information content (AvgIpc) is 2.47. The predicted molar refractivity (Wildman–Crippen MR) is 85.1 cm³/mol. The van der Waals surface area contributed by atoms with E-state index < -0.39 is 0 Å². The van der Waals surface area contributed by atoms with Gasteiger partial charge in [-0.2, -0.15) is 0 Å². The fourth-order valence-electron chi connectivity index (χ4n) is 3.39. The molecule has 0 aliphatic carbocycles. The van der Waals surface area contributed by atoms with Crippen molar-refractivity contribution in [3.8, 4) is 0 Å². The second-order valence-corrected chi connectivity index (χ2v) is 6.11. The van der Waals surface area contributed by atoms with Gasteiger partial charge < -0.3 is 5.32 Å². The van der Waals surface area contributed by atoms with Gasteiger partial charge in [-0.3, -0.25) is 0 Å². The van der Waals surface area contributed by atoms with Gasteiger partial charge in [0, 0.05) is 6.04 Å². The summed E-state index contributed by atoms with van der Waals surface area (Å²) in [6.07, 6.45) is 2.18. The Bertz CT molecular complexity index is 645. The van der Waals surface area contributed by atoms with Gasteiger partial charge >= 0.3 is 0 Å². The highest BCUT2D eigenvalue weighted by Crippen LogP contribution is 2.34. The van der Waals surface area contributed by atoms with Crippen LogP contribution in [0, 0.1) is 19.7 Å². The van der Waals surface area contributed by atoms with Crippen LogP contribution in [0.4, 0.5) is 4.39 Å². The fraction of sp³-hybridized carbons (Fsp3) is 0.368. The number of halogens is 1. The minimum absolute atomic E-state index is 0.165. The summed E-state index contributed by atoms with van der Waals surface area (Å²) in [6, 6.07) is 12.1. The molecule has 0 aromatic heterocycles. The van der Waals surface area contributed by atoms with Crippen LogP contribution in [0.5, 0.6) is 0 Å². The molecule has 1 heterocycles. The lowest BCUT2D eigenvalue weighted by atomic mass is 9.83. The molecule has 0 bridgehead atoms. The largest absolute Gasteiger partial charge is 0.303 e. The summed E-state index contributed by atoms with van der Waals surface area (Å²) in [5.74, 6) is -0.178. The lowest BCUT2D eigenvalue weighted by molar-refractivity contribution is 0.426. The number of aryl methyl sites for hydroxylation is 2. The van der Waals surface area contributed by atoms with Crippen molar-refractivity contribution in [1.82, 2.24) is 5.32 Å². The zero-order valence-corrected chi connectivity index (χ0v) is 12.9. The quantitative estimate of drug-likeness (QED) is 0.858. The molecule has 0 spiro atoms. The first-order valence-electron chi connectivity index (χ1n) is 7.70. The van der Waals surface area contributed by atoms with Crippen LogP contribution in [-0.2, 0) is 6.42 Å². The Labute approximate surface area is 126 Å². The first-order valence-corrected chi connectivity index (χ1v) is 7.70. The molecule has 1 aliphatic heterocycles. The molecular weight excluding hydrogens is 261 g/mol. The zero-order valence-electron chi connectivity index (χ0n) is 12.9. The fourth-order valence-corrected chi connectivity index (χ4v) is 3.39. The standard InChI is InChI=1S/C19H22FN/c1-4-16-11-17-13(3)9-12(2)10-18(17)19(21-16)14-5-7-15(20)8-6-14/h5-10,16,19,21H,4,11H2,1-3H3. The monoisotopic (exact) mass is 283 g/mol. The third kappa shape index (κ3) is 2.73. The number of hydrogen-bond donors (Lipinski definition) is 1. The van der Waals surface area contributed by atoms with Gasteiger partial charge in [0.1, 0.15) is 5.82 Å². The molecule has 110 valence electrons. The van der Waals surface area contributed by atoms with Crippen LogP contribution in [0.1, 0.15) is 47.2 Å². The van der Waals surface area contributed by atoms with Crippen LogP contribution in [-0.4, -0.2) is 6.04 Å². The van der Waals surface area contributed by atoms with Crippen LogP contribution in [0.3, 0.4) is 0 Å². The summed E-state index contributed by atoms with van der Waals surface area (Å²) in [4.78, 5) is 0. The summed E-state index contributed by atoms with van der Waals surface area (Å²) in [5, 5.41) is 3.73. The van der Waals surface area contributed by atoms with E-state index >= 15 is 0 Å². The number of hydrogen-bond acceptors (Lipinski definition) is 1. The zero-order chi connectivity index (χ0) is 15.0. The molecule has 0 fully saturated rings. The van der Waals surface area contributed by atoms with E-state index in [1.54, 1.807) is 12.1 Å². The third-order valence-electron chi connectivity index (χ3n) is 4.51. The van der Waals surface area contributed by atoms with Crippen molar-refractivity contribution in [3.05, 3.63) is 70.0 Å². The summed E-state index contributed by atoms with van der Waals surface area (Å²) in [6.45, 7) is 6.56. The molecular formula is C19H22FN. The van der Waals surface area contributed by atoms with Gasteiger partial charge in [-0.05, 0) is 61.1 Å². The van der Waals surface area contributed by atoms with Gasteiger partial charge in [-0.25, -0.2) is 4.39 Å². The minimum atomic E-state index is -0.178. The lowest BCUT2D eigenvalue weighted by Crippen LogP contribution is -2.40. The van der Waals surface area contributed by atoms with Crippen molar-refractivity contribution in [1.29, 1.82) is 0 Å². The highest BCUT2D eigenvalue weighted by atomic mass is 19.1. The molecule has 0 saturated heterocycles. The van der Waals surface area contributed by atoms with E-state index in [1.165, 1.54) is 22.3 Å². The van der Waals surface area contributed by atoms with E-state index in [4.69, 9.17) is 0 Å². The van der Waals surface area contributed by atoms with Crippen LogP contribution < -0.4 is 5.32 Å². The topological polar surface area (TPSA) is 12.0 Å². The summed E-state index contributed by atoms with van der Waals surface area (Å²) >= 11 is 0. The Kier molecular flexibility index (Phi) is 3.81. The molecule has 21 heavy (non-hydrogen) atoms. The molecule has 2 aromatic rings. The maximum Gasteiger partial charge on any atom is 0.123 e. The van der Waals surface area contributed by atoms with Gasteiger partial charge in [0.25, 0.3) is 0 Å². The van der Waals surface area contributed by atoms with Crippen LogP contribution >= 0.6 is 0 Å². The smallest absolute Gasteiger partial charge is 0.123 e. The van der Waals surface area contributed by atoms with Crippen molar-refractivity contribution in [3.63, 3.8) is 0 Å². The summed E-state index contributed by atoms with van der Waals surface area (Å²) in [5.41, 5.74) is 6.61. The predicted octanol–water partition coefficient (Wildman–Crippen LogP) is 4.46. The Balaban J connectivity index is 2.11. The second kappa shape index (κ2) is 5.61. The van der Waals surface area contributed by atoms with Crippen molar-refractivity contribution in [2.24, 2.45) is 0 Å².